The van der Waals surface area contributed by atoms with Gasteiger partial charge in [0.25, 0.3) is 10.1 Å². The second-order valence-electron chi connectivity index (χ2n) is 7.55. The summed E-state index contributed by atoms with van der Waals surface area (Å²) in [4.78, 5) is -0.0666. The maximum atomic E-state index is 10.5. The summed E-state index contributed by atoms with van der Waals surface area (Å²) >= 11 is 1.89. The van der Waals surface area contributed by atoms with E-state index in [2.05, 4.69) is 28.1 Å². The molecule has 1 atom stereocenters. The highest BCUT2D eigenvalue weighted by molar-refractivity contribution is 7.99. The highest BCUT2D eigenvalue weighted by Crippen LogP contribution is 2.10. The number of aliphatic hydroxyl groups is 1. The lowest BCUT2D eigenvalue weighted by molar-refractivity contribution is -0.873. The van der Waals surface area contributed by atoms with Gasteiger partial charge in [-0.1, -0.05) is 43.9 Å². The number of quaternary nitrogens is 1. The predicted molar refractivity (Wildman–Crippen MR) is 115 cm³/mol. The third kappa shape index (κ3) is 17.2. The van der Waals surface area contributed by atoms with Crippen molar-refractivity contribution in [3.05, 3.63) is 29.8 Å². The fourth-order valence-electron chi connectivity index (χ4n) is 2.25. The standard InChI is InChI=1S/C12H28NOS.C7H8O3S.H2O/c1-5-6-7-8-9-15-11-12(14)10-13(2,3)4;1-6-2-4-7(5-3-6)11(8,9)10;/h12,14H,5-11H2,1-4H3;2-5H,1H3,(H,8,9,10);1H2/q+1;;. The molecule has 0 spiro atoms. The summed E-state index contributed by atoms with van der Waals surface area (Å²) in [6, 6.07) is 5.99. The Morgan fingerprint density at radius 2 is 1.63 bits per heavy atom. The lowest BCUT2D eigenvalue weighted by atomic mass is 10.2. The van der Waals surface area contributed by atoms with Crippen LogP contribution in [0, 0.1) is 6.92 Å². The summed E-state index contributed by atoms with van der Waals surface area (Å²) in [5.41, 5.74) is 0.956. The first-order chi connectivity index (χ1) is 12.0. The molecule has 0 saturated heterocycles. The van der Waals surface area contributed by atoms with E-state index < -0.39 is 10.1 Å². The first kappa shape index (κ1) is 28.6. The van der Waals surface area contributed by atoms with E-state index in [-0.39, 0.29) is 16.5 Å². The average molecular weight is 425 g/mol. The van der Waals surface area contributed by atoms with Gasteiger partial charge in [0.15, 0.2) is 0 Å². The topological polar surface area (TPSA) is 106 Å². The van der Waals surface area contributed by atoms with Gasteiger partial charge in [0.1, 0.15) is 12.6 Å². The number of likely N-dealkylation sites (N-methyl/N-ethyl adjacent to an activating group) is 1. The van der Waals surface area contributed by atoms with Gasteiger partial charge in [-0.3, -0.25) is 4.55 Å². The summed E-state index contributed by atoms with van der Waals surface area (Å²) in [5, 5.41) is 9.75. The van der Waals surface area contributed by atoms with Crippen LogP contribution >= 0.6 is 11.8 Å². The van der Waals surface area contributed by atoms with Crippen molar-refractivity contribution in [3.8, 4) is 0 Å². The average Bonchev–Trinajstić information content (AvgIpc) is 2.49. The summed E-state index contributed by atoms with van der Waals surface area (Å²) in [5.74, 6) is 2.09. The fourth-order valence-corrected chi connectivity index (χ4v) is 3.68. The third-order valence-corrected chi connectivity index (χ3v) is 5.60. The molecule has 6 nitrogen and oxygen atoms in total. The van der Waals surface area contributed by atoms with Gasteiger partial charge in [0, 0.05) is 5.75 Å². The van der Waals surface area contributed by atoms with Crippen molar-refractivity contribution in [3.63, 3.8) is 0 Å². The first-order valence-electron chi connectivity index (χ1n) is 9.06. The van der Waals surface area contributed by atoms with Gasteiger partial charge in [0.05, 0.1) is 26.0 Å². The van der Waals surface area contributed by atoms with Gasteiger partial charge in [0.2, 0.25) is 0 Å². The van der Waals surface area contributed by atoms with Gasteiger partial charge in [-0.25, -0.2) is 0 Å². The van der Waals surface area contributed by atoms with Gasteiger partial charge >= 0.3 is 0 Å². The van der Waals surface area contributed by atoms with E-state index in [1.807, 2.05) is 18.7 Å². The highest BCUT2D eigenvalue weighted by Gasteiger charge is 2.14. The van der Waals surface area contributed by atoms with Crippen molar-refractivity contribution in [2.75, 3.05) is 39.2 Å². The molecule has 0 aliphatic heterocycles. The molecule has 0 fully saturated rings. The van der Waals surface area contributed by atoms with E-state index >= 15 is 0 Å². The quantitative estimate of drug-likeness (QED) is 0.341. The number of unbranched alkanes of at least 4 members (excludes halogenated alkanes) is 3. The molecule has 1 rings (SSSR count). The van der Waals surface area contributed by atoms with Crippen LogP contribution in [0.15, 0.2) is 29.2 Å². The second kappa shape index (κ2) is 14.4. The van der Waals surface area contributed by atoms with Crippen molar-refractivity contribution in [2.24, 2.45) is 0 Å². The summed E-state index contributed by atoms with van der Waals surface area (Å²) in [6.07, 6.45) is 5.14. The molecule has 160 valence electrons. The Bertz CT molecular complexity index is 583. The third-order valence-electron chi connectivity index (χ3n) is 3.53. The van der Waals surface area contributed by atoms with Crippen molar-refractivity contribution in [1.29, 1.82) is 0 Å². The molecule has 27 heavy (non-hydrogen) atoms. The minimum absolute atomic E-state index is 0. The number of rotatable bonds is 10. The van der Waals surface area contributed by atoms with E-state index in [1.54, 1.807) is 12.1 Å². The number of benzene rings is 1. The van der Waals surface area contributed by atoms with Crippen molar-refractivity contribution >= 4 is 21.9 Å². The van der Waals surface area contributed by atoms with E-state index in [1.165, 1.54) is 43.6 Å². The Morgan fingerprint density at radius 3 is 2.07 bits per heavy atom. The molecule has 0 heterocycles. The normalized spacial score (nSPS) is 12.6. The molecular formula is C19H38NO5S2+. The molecule has 8 heteroatoms. The van der Waals surface area contributed by atoms with Gasteiger partial charge in [-0.05, 0) is 31.2 Å². The minimum Gasteiger partial charge on any atom is -0.412 e. The Morgan fingerprint density at radius 1 is 1.07 bits per heavy atom. The largest absolute Gasteiger partial charge is 0.412 e. The van der Waals surface area contributed by atoms with Crippen LogP contribution in [-0.2, 0) is 10.1 Å². The maximum Gasteiger partial charge on any atom is 0.294 e. The monoisotopic (exact) mass is 424 g/mol. The van der Waals surface area contributed by atoms with Crippen LogP contribution < -0.4 is 0 Å². The van der Waals surface area contributed by atoms with E-state index in [9.17, 15) is 13.5 Å². The summed E-state index contributed by atoms with van der Waals surface area (Å²) in [7, 11) is 2.34. The second-order valence-corrected chi connectivity index (χ2v) is 10.1. The van der Waals surface area contributed by atoms with Gasteiger partial charge in [-0.15, -0.1) is 0 Å². The minimum atomic E-state index is -4.02. The molecule has 0 aliphatic carbocycles. The zero-order valence-electron chi connectivity index (χ0n) is 17.3. The molecular weight excluding hydrogens is 386 g/mol. The van der Waals surface area contributed by atoms with E-state index in [4.69, 9.17) is 4.55 Å². The van der Waals surface area contributed by atoms with Crippen LogP contribution in [0.4, 0.5) is 0 Å². The van der Waals surface area contributed by atoms with Gasteiger partial charge in [-0.2, -0.15) is 20.2 Å². The van der Waals surface area contributed by atoms with Gasteiger partial charge < -0.3 is 15.1 Å². The van der Waals surface area contributed by atoms with Crippen molar-refractivity contribution < 1.29 is 28.0 Å². The summed E-state index contributed by atoms with van der Waals surface area (Å²) in [6.45, 7) is 4.92. The van der Waals surface area contributed by atoms with Crippen molar-refractivity contribution in [1.82, 2.24) is 0 Å². The Balaban J connectivity index is 0. The van der Waals surface area contributed by atoms with Crippen LogP contribution in [0.25, 0.3) is 0 Å². The van der Waals surface area contributed by atoms with Crippen LogP contribution in [0.2, 0.25) is 0 Å². The zero-order chi connectivity index (χ0) is 20.2. The van der Waals surface area contributed by atoms with Crippen LogP contribution in [0.1, 0.15) is 38.2 Å². The molecule has 0 bridgehead atoms. The molecule has 1 unspecified atom stereocenters. The zero-order valence-corrected chi connectivity index (χ0v) is 18.9. The number of thioether (sulfide) groups is 1. The van der Waals surface area contributed by atoms with E-state index in [0.29, 0.717) is 0 Å². The maximum absolute atomic E-state index is 10.5. The summed E-state index contributed by atoms with van der Waals surface area (Å²) < 4.78 is 30.4. The predicted octanol–water partition coefficient (Wildman–Crippen LogP) is 2.78. The molecule has 0 aliphatic rings. The SMILES string of the molecule is CCCCCCSCC(O)C[N+](C)(C)C.Cc1ccc(S(=O)(=O)O)cc1.O. The molecule has 0 radical (unpaired) electrons. The molecule has 1 aromatic carbocycles. The van der Waals surface area contributed by atoms with Crippen molar-refractivity contribution in [2.45, 2.75) is 50.5 Å². The Labute approximate surface area is 169 Å². The number of aliphatic hydroxyl groups excluding tert-OH is 1. The van der Waals surface area contributed by atoms with Crippen LogP contribution in [0.5, 0.6) is 0 Å². The highest BCUT2D eigenvalue weighted by atomic mass is 32.2. The number of nitrogens with zero attached hydrogens (tertiary/aromatic N) is 1. The number of hydrogen-bond acceptors (Lipinski definition) is 4. The lowest BCUT2D eigenvalue weighted by Crippen LogP contribution is -2.42. The molecule has 0 saturated carbocycles. The van der Waals surface area contributed by atoms with E-state index in [0.717, 1.165) is 22.3 Å². The van der Waals surface area contributed by atoms with Crippen LogP contribution in [-0.4, -0.2) is 73.3 Å². The molecule has 1 aromatic rings. The Kier molecular flexibility index (Phi) is 15.2. The smallest absolute Gasteiger partial charge is 0.294 e. The molecule has 4 N–H and O–H groups in total. The number of aryl methyl sites for hydroxylation is 1. The molecule has 0 amide bonds. The lowest BCUT2D eigenvalue weighted by Gasteiger charge is -2.26. The number of hydrogen-bond donors (Lipinski definition) is 2. The Hall–Kier alpha value is -0.640. The fraction of sp³-hybridized carbons (Fsp3) is 0.684. The first-order valence-corrected chi connectivity index (χ1v) is 11.7. The molecule has 0 aromatic heterocycles. The van der Waals surface area contributed by atoms with Crippen LogP contribution in [0.3, 0.4) is 0 Å².